The SMILES string of the molecule is Nc1cc(NC(=O)c2cccc(Br)c2Cl)ccc1Br. The van der Waals surface area contributed by atoms with Crippen molar-refractivity contribution in [3.05, 3.63) is 55.9 Å². The number of anilines is 2. The van der Waals surface area contributed by atoms with Crippen molar-refractivity contribution in [1.29, 1.82) is 0 Å². The molecule has 1 amide bonds. The number of amides is 1. The summed E-state index contributed by atoms with van der Waals surface area (Å²) in [6, 6.07) is 10.4. The summed E-state index contributed by atoms with van der Waals surface area (Å²) in [6.07, 6.45) is 0. The van der Waals surface area contributed by atoms with Crippen molar-refractivity contribution >= 4 is 60.7 Å². The van der Waals surface area contributed by atoms with E-state index in [0.29, 0.717) is 26.4 Å². The molecule has 0 saturated carbocycles. The monoisotopic (exact) mass is 402 g/mol. The molecule has 0 radical (unpaired) electrons. The summed E-state index contributed by atoms with van der Waals surface area (Å²) in [5.41, 5.74) is 7.32. The number of carbonyl (C=O) groups is 1. The van der Waals surface area contributed by atoms with Gasteiger partial charge in [0, 0.05) is 20.3 Å². The Bertz CT molecular complexity index is 647. The quantitative estimate of drug-likeness (QED) is 0.713. The lowest BCUT2D eigenvalue weighted by molar-refractivity contribution is 0.102. The zero-order valence-electron chi connectivity index (χ0n) is 9.58. The molecule has 0 unspecified atom stereocenters. The minimum absolute atomic E-state index is 0.284. The number of nitrogens with two attached hydrogens (primary N) is 1. The molecule has 0 aromatic heterocycles. The van der Waals surface area contributed by atoms with Gasteiger partial charge in [-0.25, -0.2) is 0 Å². The Kier molecular flexibility index (Phi) is 4.50. The van der Waals surface area contributed by atoms with E-state index < -0.39 is 0 Å². The second-order valence-electron chi connectivity index (χ2n) is 3.79. The number of nitrogen functional groups attached to an aromatic ring is 1. The largest absolute Gasteiger partial charge is 0.398 e. The van der Waals surface area contributed by atoms with Gasteiger partial charge in [-0.15, -0.1) is 0 Å². The van der Waals surface area contributed by atoms with Crippen LogP contribution in [0.1, 0.15) is 10.4 Å². The lowest BCUT2D eigenvalue weighted by Crippen LogP contribution is -2.12. The first-order chi connectivity index (χ1) is 8.99. The maximum atomic E-state index is 12.1. The van der Waals surface area contributed by atoms with E-state index in [1.807, 2.05) is 0 Å². The molecule has 2 rings (SSSR count). The van der Waals surface area contributed by atoms with Crippen LogP contribution in [0.3, 0.4) is 0 Å². The van der Waals surface area contributed by atoms with Crippen LogP contribution in [0.25, 0.3) is 0 Å². The van der Waals surface area contributed by atoms with Gasteiger partial charge in [0.1, 0.15) is 0 Å². The van der Waals surface area contributed by atoms with E-state index in [1.165, 1.54) is 0 Å². The molecular formula is C13H9Br2ClN2O. The molecular weight excluding hydrogens is 395 g/mol. The molecule has 0 bridgehead atoms. The molecule has 19 heavy (non-hydrogen) atoms. The molecule has 0 heterocycles. The summed E-state index contributed by atoms with van der Waals surface area (Å²) in [4.78, 5) is 12.1. The Hall–Kier alpha value is -1.04. The summed E-state index contributed by atoms with van der Waals surface area (Å²) < 4.78 is 1.46. The van der Waals surface area contributed by atoms with E-state index in [0.717, 1.165) is 4.47 Å². The molecule has 0 aliphatic carbocycles. The van der Waals surface area contributed by atoms with E-state index in [4.69, 9.17) is 17.3 Å². The number of benzene rings is 2. The molecule has 6 heteroatoms. The maximum Gasteiger partial charge on any atom is 0.257 e. The smallest absolute Gasteiger partial charge is 0.257 e. The van der Waals surface area contributed by atoms with Crippen LogP contribution in [0.4, 0.5) is 11.4 Å². The molecule has 3 nitrogen and oxygen atoms in total. The van der Waals surface area contributed by atoms with Gasteiger partial charge >= 0.3 is 0 Å². The van der Waals surface area contributed by atoms with Crippen LogP contribution in [0.5, 0.6) is 0 Å². The van der Waals surface area contributed by atoms with Crippen LogP contribution >= 0.6 is 43.5 Å². The fourth-order valence-electron chi connectivity index (χ4n) is 1.50. The number of halogens is 3. The first kappa shape index (κ1) is 14.4. The van der Waals surface area contributed by atoms with Crippen molar-refractivity contribution in [2.24, 2.45) is 0 Å². The minimum Gasteiger partial charge on any atom is -0.398 e. The summed E-state index contributed by atoms with van der Waals surface area (Å²) in [5.74, 6) is -0.284. The first-order valence-corrected chi connectivity index (χ1v) is 7.26. The van der Waals surface area contributed by atoms with Crippen LogP contribution in [0.15, 0.2) is 45.3 Å². The van der Waals surface area contributed by atoms with E-state index in [9.17, 15) is 4.79 Å². The van der Waals surface area contributed by atoms with Gasteiger partial charge in [-0.3, -0.25) is 4.79 Å². The highest BCUT2D eigenvalue weighted by molar-refractivity contribution is 9.11. The Balaban J connectivity index is 2.26. The molecule has 0 atom stereocenters. The number of nitrogens with one attached hydrogen (secondary N) is 1. The number of hydrogen-bond acceptors (Lipinski definition) is 2. The highest BCUT2D eigenvalue weighted by Crippen LogP contribution is 2.27. The van der Waals surface area contributed by atoms with E-state index in [1.54, 1.807) is 36.4 Å². The summed E-state index contributed by atoms with van der Waals surface area (Å²) in [5, 5.41) is 3.13. The second kappa shape index (κ2) is 5.94. The average Bonchev–Trinajstić information content (AvgIpc) is 2.37. The second-order valence-corrected chi connectivity index (χ2v) is 5.88. The molecule has 2 aromatic rings. The Labute approximate surface area is 132 Å². The van der Waals surface area contributed by atoms with Gasteiger partial charge in [0.25, 0.3) is 5.91 Å². The number of hydrogen-bond donors (Lipinski definition) is 2. The van der Waals surface area contributed by atoms with Gasteiger partial charge < -0.3 is 11.1 Å². The third-order valence-corrected chi connectivity index (χ3v) is 4.47. The Morgan fingerprint density at radius 3 is 2.58 bits per heavy atom. The van der Waals surface area contributed by atoms with Crippen LogP contribution in [0, 0.1) is 0 Å². The Morgan fingerprint density at radius 2 is 1.89 bits per heavy atom. The van der Waals surface area contributed by atoms with Crippen LogP contribution < -0.4 is 11.1 Å². The predicted octanol–water partition coefficient (Wildman–Crippen LogP) is 4.70. The molecule has 0 saturated heterocycles. The number of carbonyl (C=O) groups excluding carboxylic acids is 1. The van der Waals surface area contributed by atoms with E-state index in [-0.39, 0.29) is 5.91 Å². The van der Waals surface area contributed by atoms with Crippen molar-refractivity contribution in [1.82, 2.24) is 0 Å². The molecule has 3 N–H and O–H groups in total. The van der Waals surface area contributed by atoms with Crippen LogP contribution in [-0.2, 0) is 0 Å². The molecule has 2 aromatic carbocycles. The summed E-state index contributed by atoms with van der Waals surface area (Å²) in [7, 11) is 0. The van der Waals surface area contributed by atoms with Gasteiger partial charge in [0.05, 0.1) is 10.6 Å². The van der Waals surface area contributed by atoms with Crippen LogP contribution in [-0.4, -0.2) is 5.91 Å². The highest BCUT2D eigenvalue weighted by atomic mass is 79.9. The normalized spacial score (nSPS) is 10.3. The van der Waals surface area contributed by atoms with Crippen molar-refractivity contribution in [3.63, 3.8) is 0 Å². The summed E-state index contributed by atoms with van der Waals surface area (Å²) >= 11 is 12.7. The van der Waals surface area contributed by atoms with Crippen LogP contribution in [0.2, 0.25) is 5.02 Å². The topological polar surface area (TPSA) is 55.1 Å². The zero-order chi connectivity index (χ0) is 14.0. The fourth-order valence-corrected chi connectivity index (χ4v) is 2.32. The van der Waals surface area contributed by atoms with Gasteiger partial charge in [-0.1, -0.05) is 17.7 Å². The molecule has 0 aliphatic rings. The van der Waals surface area contributed by atoms with Gasteiger partial charge in [-0.05, 0) is 62.2 Å². The predicted molar refractivity (Wildman–Crippen MR) is 85.7 cm³/mol. The first-order valence-electron chi connectivity index (χ1n) is 5.29. The highest BCUT2D eigenvalue weighted by Gasteiger charge is 2.12. The third kappa shape index (κ3) is 3.29. The Morgan fingerprint density at radius 1 is 1.16 bits per heavy atom. The average molecular weight is 404 g/mol. The van der Waals surface area contributed by atoms with Crippen molar-refractivity contribution in [3.8, 4) is 0 Å². The lowest BCUT2D eigenvalue weighted by Gasteiger charge is -2.09. The van der Waals surface area contributed by atoms with Gasteiger partial charge in [0.15, 0.2) is 0 Å². The van der Waals surface area contributed by atoms with Crippen molar-refractivity contribution in [2.45, 2.75) is 0 Å². The fraction of sp³-hybridized carbons (Fsp3) is 0. The van der Waals surface area contributed by atoms with Crippen molar-refractivity contribution < 1.29 is 4.79 Å². The van der Waals surface area contributed by atoms with E-state index in [2.05, 4.69) is 37.2 Å². The van der Waals surface area contributed by atoms with Crippen molar-refractivity contribution in [2.75, 3.05) is 11.1 Å². The molecule has 0 spiro atoms. The zero-order valence-corrected chi connectivity index (χ0v) is 13.5. The van der Waals surface area contributed by atoms with E-state index >= 15 is 0 Å². The lowest BCUT2D eigenvalue weighted by atomic mass is 10.2. The number of rotatable bonds is 2. The summed E-state index contributed by atoms with van der Waals surface area (Å²) in [6.45, 7) is 0. The maximum absolute atomic E-state index is 12.1. The third-order valence-electron chi connectivity index (χ3n) is 2.45. The van der Waals surface area contributed by atoms with Gasteiger partial charge in [-0.2, -0.15) is 0 Å². The molecule has 0 fully saturated rings. The standard InChI is InChI=1S/C13H9Br2ClN2O/c14-9-5-4-7(6-11(9)17)18-13(19)8-2-1-3-10(15)12(8)16/h1-6H,17H2,(H,18,19). The van der Waals surface area contributed by atoms with Gasteiger partial charge in [0.2, 0.25) is 0 Å². The minimum atomic E-state index is -0.284. The molecule has 98 valence electrons. The molecule has 0 aliphatic heterocycles.